The predicted molar refractivity (Wildman–Crippen MR) is 75.0 cm³/mol. The van der Waals surface area contributed by atoms with Gasteiger partial charge in [0.25, 0.3) is 0 Å². The van der Waals surface area contributed by atoms with Gasteiger partial charge in [-0.3, -0.25) is 0 Å². The minimum Gasteiger partial charge on any atom is -0.0750 e. The Morgan fingerprint density at radius 1 is 0.750 bits per heavy atom. The van der Waals surface area contributed by atoms with Crippen molar-refractivity contribution in [1.29, 1.82) is 0 Å². The highest BCUT2D eigenvalue weighted by molar-refractivity contribution is 6.31. The molecule has 3 rings (SSSR count). The van der Waals surface area contributed by atoms with Crippen LogP contribution in [0.15, 0.2) is 48.5 Å². The number of benzene rings is 2. The van der Waals surface area contributed by atoms with Crippen molar-refractivity contribution in [1.82, 2.24) is 0 Å². The molecule has 0 fully saturated rings. The first-order valence-electron chi connectivity index (χ1n) is 6.03. The predicted octanol–water partition coefficient (Wildman–Crippen LogP) is 3.51. The van der Waals surface area contributed by atoms with Gasteiger partial charge < -0.3 is 0 Å². The molecular weight excluding hydrogens is 208 g/mol. The van der Waals surface area contributed by atoms with Gasteiger partial charge >= 0.3 is 0 Å². The Hall–Kier alpha value is -1.34. The largest absolute Gasteiger partial charge is 0.0750 e. The van der Waals surface area contributed by atoms with Crippen LogP contribution in [0.3, 0.4) is 0 Å². The number of fused-ring (bicyclic) bond motifs is 3. The average molecular weight is 226 g/mol. The zero-order valence-corrected chi connectivity index (χ0v) is 11.4. The Morgan fingerprint density at radius 3 is 1.56 bits per heavy atom. The second kappa shape index (κ2) is 5.13. The van der Waals surface area contributed by atoms with Gasteiger partial charge in [-0.2, -0.15) is 0 Å². The molecule has 0 saturated heterocycles. The summed E-state index contributed by atoms with van der Waals surface area (Å²) in [6.07, 6.45) is 1.10. The molecule has 0 atom stereocenters. The SMILES string of the molecule is C[SiH2]C.c1ccc2c(c1)Cc1ccccc1-2. The lowest BCUT2D eigenvalue weighted by Gasteiger charge is -1.98. The molecule has 16 heavy (non-hydrogen) atoms. The molecular formula is C15H18Si. The highest BCUT2D eigenvalue weighted by Gasteiger charge is 2.15. The van der Waals surface area contributed by atoms with Crippen LogP contribution in [0, 0.1) is 0 Å². The van der Waals surface area contributed by atoms with E-state index < -0.39 is 0 Å². The van der Waals surface area contributed by atoms with Gasteiger partial charge in [0.2, 0.25) is 0 Å². The van der Waals surface area contributed by atoms with Crippen LogP contribution in [-0.4, -0.2) is 9.52 Å². The second-order valence-electron chi connectivity index (χ2n) is 4.20. The van der Waals surface area contributed by atoms with Crippen LogP contribution in [0.5, 0.6) is 0 Å². The molecule has 1 aliphatic carbocycles. The van der Waals surface area contributed by atoms with Crippen molar-refractivity contribution in [3.05, 3.63) is 59.7 Å². The van der Waals surface area contributed by atoms with Gasteiger partial charge in [-0.25, -0.2) is 0 Å². The van der Waals surface area contributed by atoms with Crippen LogP contribution >= 0.6 is 0 Å². The zero-order valence-electron chi connectivity index (χ0n) is 10.0. The van der Waals surface area contributed by atoms with Gasteiger partial charge in [-0.1, -0.05) is 61.6 Å². The summed E-state index contributed by atoms with van der Waals surface area (Å²) in [7, 11) is 0.417. The van der Waals surface area contributed by atoms with E-state index in [2.05, 4.69) is 61.6 Å². The maximum atomic E-state index is 2.26. The normalized spacial score (nSPS) is 11.1. The molecule has 2 aromatic rings. The molecule has 0 amide bonds. The quantitative estimate of drug-likeness (QED) is 0.515. The molecule has 0 unspecified atom stereocenters. The summed E-state index contributed by atoms with van der Waals surface area (Å²) in [5, 5.41) is 0. The minimum atomic E-state index is 0.417. The third-order valence-electron chi connectivity index (χ3n) is 2.71. The smallest absolute Gasteiger partial charge is 0.0135 e. The van der Waals surface area contributed by atoms with Gasteiger partial charge in [-0.05, 0) is 28.7 Å². The molecule has 0 N–H and O–H groups in total. The fraction of sp³-hybridized carbons (Fsp3) is 0.200. The second-order valence-corrected chi connectivity index (χ2v) is 5.61. The summed E-state index contributed by atoms with van der Waals surface area (Å²) in [5.74, 6) is 0. The van der Waals surface area contributed by atoms with Crippen molar-refractivity contribution in [2.24, 2.45) is 0 Å². The highest BCUT2D eigenvalue weighted by Crippen LogP contribution is 2.35. The zero-order chi connectivity index (χ0) is 11.4. The molecule has 1 heteroatoms. The Morgan fingerprint density at radius 2 is 1.12 bits per heavy atom. The molecule has 0 aromatic heterocycles. The Labute approximate surface area is 100 Å². The third kappa shape index (κ3) is 2.09. The summed E-state index contributed by atoms with van der Waals surface area (Å²) in [6, 6.07) is 17.3. The molecule has 82 valence electrons. The molecule has 1 aliphatic rings. The highest BCUT2D eigenvalue weighted by atomic mass is 28.2. The molecule has 0 bridgehead atoms. The molecule has 2 aromatic carbocycles. The molecule has 0 saturated carbocycles. The van der Waals surface area contributed by atoms with Crippen molar-refractivity contribution in [3.8, 4) is 11.1 Å². The summed E-state index contributed by atoms with van der Waals surface area (Å²) in [6.45, 7) is 4.53. The number of rotatable bonds is 0. The van der Waals surface area contributed by atoms with Gasteiger partial charge in [0.05, 0.1) is 0 Å². The van der Waals surface area contributed by atoms with Crippen LogP contribution < -0.4 is 0 Å². The molecule has 0 radical (unpaired) electrons. The van der Waals surface area contributed by atoms with E-state index >= 15 is 0 Å². The van der Waals surface area contributed by atoms with Crippen LogP contribution in [0.25, 0.3) is 11.1 Å². The third-order valence-corrected chi connectivity index (χ3v) is 2.71. The maximum Gasteiger partial charge on any atom is 0.0135 e. The van der Waals surface area contributed by atoms with E-state index in [-0.39, 0.29) is 0 Å². The van der Waals surface area contributed by atoms with E-state index in [1.165, 1.54) is 22.3 Å². The molecule has 0 nitrogen and oxygen atoms in total. The number of hydrogen-bond acceptors (Lipinski definition) is 0. The van der Waals surface area contributed by atoms with Gasteiger partial charge in [0.1, 0.15) is 0 Å². The molecule has 0 spiro atoms. The van der Waals surface area contributed by atoms with E-state index in [0.29, 0.717) is 9.52 Å². The Bertz CT molecular complexity index is 431. The minimum absolute atomic E-state index is 0.417. The van der Waals surface area contributed by atoms with Crippen LogP contribution in [0.4, 0.5) is 0 Å². The first kappa shape index (κ1) is 11.2. The fourth-order valence-corrected chi connectivity index (χ4v) is 2.08. The van der Waals surface area contributed by atoms with Crippen LogP contribution in [-0.2, 0) is 6.42 Å². The van der Waals surface area contributed by atoms with Crippen LogP contribution in [0.1, 0.15) is 11.1 Å². The summed E-state index contributed by atoms with van der Waals surface area (Å²) in [5.41, 5.74) is 5.75. The van der Waals surface area contributed by atoms with Crippen molar-refractivity contribution in [3.63, 3.8) is 0 Å². The van der Waals surface area contributed by atoms with E-state index in [0.717, 1.165) is 6.42 Å². The summed E-state index contributed by atoms with van der Waals surface area (Å²) < 4.78 is 0. The van der Waals surface area contributed by atoms with Crippen LogP contribution in [0.2, 0.25) is 13.1 Å². The fourth-order valence-electron chi connectivity index (χ4n) is 2.08. The van der Waals surface area contributed by atoms with E-state index in [9.17, 15) is 0 Å². The van der Waals surface area contributed by atoms with Crippen molar-refractivity contribution >= 4 is 9.52 Å². The van der Waals surface area contributed by atoms with Crippen molar-refractivity contribution < 1.29 is 0 Å². The van der Waals surface area contributed by atoms with Gasteiger partial charge in [-0.15, -0.1) is 0 Å². The van der Waals surface area contributed by atoms with Crippen molar-refractivity contribution in [2.75, 3.05) is 0 Å². The maximum absolute atomic E-state index is 2.26. The first-order chi connectivity index (χ1) is 7.86. The van der Waals surface area contributed by atoms with Gasteiger partial charge in [0.15, 0.2) is 0 Å². The Balaban J connectivity index is 0.000000292. The van der Waals surface area contributed by atoms with Crippen molar-refractivity contribution in [2.45, 2.75) is 19.5 Å². The summed E-state index contributed by atoms with van der Waals surface area (Å²) in [4.78, 5) is 0. The van der Waals surface area contributed by atoms with E-state index in [1.807, 2.05) is 0 Å². The lowest BCUT2D eigenvalue weighted by Crippen LogP contribution is -1.77. The van der Waals surface area contributed by atoms with E-state index in [1.54, 1.807) is 0 Å². The Kier molecular flexibility index (Phi) is 3.57. The first-order valence-corrected chi connectivity index (χ1v) is 8.85. The molecule has 0 heterocycles. The van der Waals surface area contributed by atoms with Gasteiger partial charge in [0, 0.05) is 9.52 Å². The molecule has 0 aliphatic heterocycles. The average Bonchev–Trinajstić information content (AvgIpc) is 2.68. The lowest BCUT2D eigenvalue weighted by atomic mass is 10.1. The standard InChI is InChI=1S/C13H10.C2H8Si/c1-3-7-12-10(5-1)9-11-6-2-4-8-13(11)12;1-3-2/h1-8H,9H2;3H2,1-2H3. The number of hydrogen-bond donors (Lipinski definition) is 0. The topological polar surface area (TPSA) is 0 Å². The summed E-state index contributed by atoms with van der Waals surface area (Å²) >= 11 is 0. The monoisotopic (exact) mass is 226 g/mol. The van der Waals surface area contributed by atoms with E-state index in [4.69, 9.17) is 0 Å². The lowest BCUT2D eigenvalue weighted by molar-refractivity contribution is 1.26.